The Morgan fingerprint density at radius 2 is 1.82 bits per heavy atom. The van der Waals surface area contributed by atoms with Crippen LogP contribution in [0.1, 0.15) is 13.8 Å². The highest BCUT2D eigenvalue weighted by molar-refractivity contribution is 7.13. The third kappa shape index (κ3) is 4.85. The molecule has 28 heavy (non-hydrogen) atoms. The lowest BCUT2D eigenvalue weighted by Crippen LogP contribution is -2.28. The molecule has 0 N–H and O–H groups in total. The summed E-state index contributed by atoms with van der Waals surface area (Å²) in [6, 6.07) is 14.0. The first-order valence-electron chi connectivity index (χ1n) is 9.51. The molecule has 3 rings (SSSR count). The number of aromatic nitrogens is 1. The van der Waals surface area contributed by atoms with E-state index in [-0.39, 0.29) is 0 Å². The van der Waals surface area contributed by atoms with Crippen LogP contribution in [0.25, 0.3) is 10.6 Å². The van der Waals surface area contributed by atoms with Crippen molar-refractivity contribution in [2.24, 2.45) is 0 Å². The molecular weight excluding hydrogens is 390 g/mol. The van der Waals surface area contributed by atoms with Crippen LogP contribution in [0.15, 0.2) is 54.0 Å². The molecule has 0 amide bonds. The van der Waals surface area contributed by atoms with Crippen LogP contribution in [0.5, 0.6) is 5.75 Å². The van der Waals surface area contributed by atoms with Crippen molar-refractivity contribution in [1.29, 1.82) is 0 Å². The van der Waals surface area contributed by atoms with E-state index < -0.39 is 0 Å². The molecule has 0 spiro atoms. The summed E-state index contributed by atoms with van der Waals surface area (Å²) in [6.45, 7) is 7.95. The van der Waals surface area contributed by atoms with Gasteiger partial charge >= 0.3 is 0 Å². The number of hydrogen-bond acceptors (Lipinski definition) is 5. The molecule has 0 bridgehead atoms. The summed E-state index contributed by atoms with van der Waals surface area (Å²) in [7, 11) is 2.05. The minimum absolute atomic E-state index is 0.647. The van der Waals surface area contributed by atoms with E-state index in [2.05, 4.69) is 41.7 Å². The fourth-order valence-corrected chi connectivity index (χ4v) is 3.93. The maximum absolute atomic E-state index is 6.22. The number of nitrogens with zero attached hydrogens (tertiary/aromatic N) is 3. The van der Waals surface area contributed by atoms with Gasteiger partial charge in [0.05, 0.1) is 11.3 Å². The van der Waals surface area contributed by atoms with E-state index in [1.165, 1.54) is 0 Å². The van der Waals surface area contributed by atoms with Gasteiger partial charge in [0.25, 0.3) is 0 Å². The van der Waals surface area contributed by atoms with E-state index in [0.717, 1.165) is 52.4 Å². The number of benzene rings is 2. The van der Waals surface area contributed by atoms with Crippen LogP contribution in [0, 0.1) is 0 Å². The van der Waals surface area contributed by atoms with Gasteiger partial charge in [-0.2, -0.15) is 0 Å². The van der Waals surface area contributed by atoms with Gasteiger partial charge in [-0.3, -0.25) is 0 Å². The Balaban J connectivity index is 1.93. The van der Waals surface area contributed by atoms with Gasteiger partial charge < -0.3 is 14.5 Å². The van der Waals surface area contributed by atoms with E-state index in [0.29, 0.717) is 6.61 Å². The van der Waals surface area contributed by atoms with E-state index in [4.69, 9.17) is 16.3 Å². The molecule has 0 saturated carbocycles. The molecule has 6 heteroatoms. The number of thiazole rings is 1. The van der Waals surface area contributed by atoms with Crippen molar-refractivity contribution in [2.75, 3.05) is 38.2 Å². The summed E-state index contributed by atoms with van der Waals surface area (Å²) < 4.78 is 6.22. The molecule has 0 radical (unpaired) electrons. The summed E-state index contributed by atoms with van der Waals surface area (Å²) in [5.74, 6) is 0.861. The molecule has 0 fully saturated rings. The molecular formula is C22H26ClN3OS. The van der Waals surface area contributed by atoms with Gasteiger partial charge in [-0.1, -0.05) is 31.5 Å². The molecule has 2 aromatic carbocycles. The number of rotatable bonds is 9. The van der Waals surface area contributed by atoms with Crippen molar-refractivity contribution in [1.82, 2.24) is 9.88 Å². The second-order valence-electron chi connectivity index (χ2n) is 6.40. The Bertz CT molecular complexity index is 864. The number of likely N-dealkylation sites (N-methyl/N-ethyl adjacent to an activating group) is 1. The summed E-state index contributed by atoms with van der Waals surface area (Å²) in [5.41, 5.74) is 3.13. The summed E-state index contributed by atoms with van der Waals surface area (Å²) >= 11 is 7.67. The van der Waals surface area contributed by atoms with Crippen molar-refractivity contribution < 1.29 is 4.74 Å². The van der Waals surface area contributed by atoms with Crippen LogP contribution in [0.4, 0.5) is 11.4 Å². The van der Waals surface area contributed by atoms with E-state index >= 15 is 0 Å². The Kier molecular flexibility index (Phi) is 7.31. The van der Waals surface area contributed by atoms with E-state index in [9.17, 15) is 0 Å². The molecule has 1 heterocycles. The summed E-state index contributed by atoms with van der Waals surface area (Å²) in [6.07, 6.45) is 1.83. The van der Waals surface area contributed by atoms with Gasteiger partial charge in [0, 0.05) is 35.9 Å². The topological polar surface area (TPSA) is 28.6 Å². The molecule has 148 valence electrons. The minimum Gasteiger partial charge on any atom is -0.491 e. The molecule has 0 aliphatic heterocycles. The normalized spacial score (nSPS) is 11.0. The van der Waals surface area contributed by atoms with Crippen LogP contribution in [-0.2, 0) is 0 Å². The zero-order chi connectivity index (χ0) is 19.9. The van der Waals surface area contributed by atoms with Gasteiger partial charge in [0.2, 0.25) is 0 Å². The first-order valence-corrected chi connectivity index (χ1v) is 10.8. The maximum Gasteiger partial charge on any atom is 0.131 e. The lowest BCUT2D eigenvalue weighted by atomic mass is 10.1. The lowest BCUT2D eigenvalue weighted by molar-refractivity contribution is 0.223. The molecule has 0 saturated heterocycles. The quantitative estimate of drug-likeness (QED) is 0.431. The van der Waals surface area contributed by atoms with E-state index in [1.54, 1.807) is 11.3 Å². The van der Waals surface area contributed by atoms with Gasteiger partial charge in [0.1, 0.15) is 17.4 Å². The highest BCUT2D eigenvalue weighted by Crippen LogP contribution is 2.41. The third-order valence-corrected chi connectivity index (χ3v) is 5.83. The van der Waals surface area contributed by atoms with E-state index in [1.807, 2.05) is 48.0 Å². The Hall–Kier alpha value is -2.08. The zero-order valence-electron chi connectivity index (χ0n) is 16.6. The average Bonchev–Trinajstić information content (AvgIpc) is 3.25. The largest absolute Gasteiger partial charge is 0.491 e. The second kappa shape index (κ2) is 9.92. The van der Waals surface area contributed by atoms with Gasteiger partial charge in [0.15, 0.2) is 0 Å². The second-order valence-corrected chi connectivity index (χ2v) is 7.73. The monoisotopic (exact) mass is 415 g/mol. The number of hydrogen-bond donors (Lipinski definition) is 0. The molecule has 0 unspecified atom stereocenters. The molecule has 0 atom stereocenters. The number of halogens is 1. The zero-order valence-corrected chi connectivity index (χ0v) is 18.1. The number of ether oxygens (including phenoxy) is 1. The Labute approximate surface area is 176 Å². The van der Waals surface area contributed by atoms with Crippen LogP contribution in [-0.4, -0.2) is 43.2 Å². The summed E-state index contributed by atoms with van der Waals surface area (Å²) in [5, 5.41) is 3.67. The van der Waals surface area contributed by atoms with Gasteiger partial charge in [-0.25, -0.2) is 4.98 Å². The van der Waals surface area contributed by atoms with Crippen LogP contribution in [0.2, 0.25) is 5.02 Å². The first kappa shape index (κ1) is 20.6. The fourth-order valence-electron chi connectivity index (χ4n) is 3.11. The van der Waals surface area contributed by atoms with Crippen molar-refractivity contribution in [3.63, 3.8) is 0 Å². The van der Waals surface area contributed by atoms with Crippen LogP contribution >= 0.6 is 22.9 Å². The van der Waals surface area contributed by atoms with Gasteiger partial charge in [-0.15, -0.1) is 11.3 Å². The summed E-state index contributed by atoms with van der Waals surface area (Å²) in [4.78, 5) is 9.05. The SMILES string of the molecule is CCN(CC)CCOc1cccc(N(C)c2ccc(Cl)cc2)c1-c1nccs1. The Morgan fingerprint density at radius 3 is 2.46 bits per heavy atom. The van der Waals surface area contributed by atoms with Crippen molar-refractivity contribution in [3.8, 4) is 16.3 Å². The smallest absolute Gasteiger partial charge is 0.131 e. The Morgan fingerprint density at radius 1 is 1.07 bits per heavy atom. The lowest BCUT2D eigenvalue weighted by Gasteiger charge is -2.24. The highest BCUT2D eigenvalue weighted by Gasteiger charge is 2.18. The molecule has 0 aliphatic carbocycles. The maximum atomic E-state index is 6.22. The third-order valence-electron chi connectivity index (χ3n) is 4.79. The van der Waals surface area contributed by atoms with Crippen molar-refractivity contribution in [2.45, 2.75) is 13.8 Å². The molecule has 3 aromatic rings. The van der Waals surface area contributed by atoms with Crippen molar-refractivity contribution >= 4 is 34.3 Å². The molecule has 4 nitrogen and oxygen atoms in total. The fraction of sp³-hybridized carbons (Fsp3) is 0.318. The van der Waals surface area contributed by atoms with Crippen molar-refractivity contribution in [3.05, 3.63) is 59.1 Å². The predicted octanol–water partition coefficient (Wildman–Crippen LogP) is 5.95. The first-order chi connectivity index (χ1) is 13.6. The highest BCUT2D eigenvalue weighted by atomic mass is 35.5. The van der Waals surface area contributed by atoms with Crippen LogP contribution < -0.4 is 9.64 Å². The minimum atomic E-state index is 0.647. The van der Waals surface area contributed by atoms with Crippen LogP contribution in [0.3, 0.4) is 0 Å². The molecule has 0 aliphatic rings. The number of anilines is 2. The molecule has 1 aromatic heterocycles. The average molecular weight is 416 g/mol. The van der Waals surface area contributed by atoms with Gasteiger partial charge in [-0.05, 0) is 49.5 Å². The standard InChI is InChI=1S/C22H26ClN3OS/c1-4-26(5-2)14-15-27-20-8-6-7-19(21(20)22-24-13-16-28-22)25(3)18-11-9-17(23)10-12-18/h6-13,16H,4-5,14-15H2,1-3H3. The predicted molar refractivity (Wildman–Crippen MR) is 120 cm³/mol.